The number of hydrogen-bond donors (Lipinski definition) is 0. The molecule has 2 unspecified atom stereocenters. The first-order valence-corrected chi connectivity index (χ1v) is 13.8. The Morgan fingerprint density at radius 2 is 1.15 bits per heavy atom. The smallest absolute Gasteiger partial charge is 0.333 e. The second-order valence-electron chi connectivity index (χ2n) is 11.3. The summed E-state index contributed by atoms with van der Waals surface area (Å²) in [5.74, 6) is 0.543. The van der Waals surface area contributed by atoms with E-state index in [4.69, 9.17) is 18.9 Å². The molecule has 6 heteroatoms. The van der Waals surface area contributed by atoms with Gasteiger partial charge in [-0.15, -0.1) is 0 Å². The summed E-state index contributed by atoms with van der Waals surface area (Å²) >= 11 is 0. The lowest BCUT2D eigenvalue weighted by atomic mass is 9.85. The molecule has 0 amide bonds. The van der Waals surface area contributed by atoms with Gasteiger partial charge in [0.05, 0.1) is 0 Å². The lowest BCUT2D eigenvalue weighted by molar-refractivity contribution is -0.146. The van der Waals surface area contributed by atoms with Crippen LogP contribution in [0.25, 0.3) is 21.5 Å². The molecule has 0 aliphatic carbocycles. The maximum absolute atomic E-state index is 12.2. The van der Waals surface area contributed by atoms with Gasteiger partial charge in [0.1, 0.15) is 36.9 Å². The molecule has 0 heterocycles. The van der Waals surface area contributed by atoms with E-state index >= 15 is 0 Å². The Balaban J connectivity index is 2.11. The van der Waals surface area contributed by atoms with Gasteiger partial charge < -0.3 is 18.9 Å². The first kappa shape index (κ1) is 30.7. The van der Waals surface area contributed by atoms with Gasteiger partial charge in [0.15, 0.2) is 0 Å². The molecule has 0 aromatic heterocycles. The van der Waals surface area contributed by atoms with Crippen LogP contribution in [0.5, 0.6) is 11.5 Å². The highest BCUT2D eigenvalue weighted by atomic mass is 16.6. The van der Waals surface area contributed by atoms with Crippen molar-refractivity contribution in [2.45, 2.75) is 78.9 Å². The predicted molar refractivity (Wildman–Crippen MR) is 161 cm³/mol. The molecule has 2 atom stereocenters. The molecular weight excluding hydrogens is 504 g/mol. The van der Waals surface area contributed by atoms with E-state index in [1.807, 2.05) is 38.1 Å². The third-order valence-corrected chi connectivity index (χ3v) is 6.77. The number of fused-ring (bicyclic) bond motifs is 2. The summed E-state index contributed by atoms with van der Waals surface area (Å²) in [5, 5.41) is 3.54. The van der Waals surface area contributed by atoms with Crippen molar-refractivity contribution in [1.29, 1.82) is 0 Å². The van der Waals surface area contributed by atoms with Gasteiger partial charge in [-0.25, -0.2) is 9.59 Å². The van der Waals surface area contributed by atoms with E-state index in [-0.39, 0.29) is 18.6 Å². The molecule has 0 aliphatic heterocycles. The lowest BCUT2D eigenvalue weighted by Crippen LogP contribution is -2.25. The molecule has 0 aliphatic rings. The number of esters is 2. The van der Waals surface area contributed by atoms with Crippen molar-refractivity contribution in [3.8, 4) is 11.5 Å². The highest BCUT2D eigenvalue weighted by Gasteiger charge is 2.23. The third-order valence-electron chi connectivity index (χ3n) is 6.77. The van der Waals surface area contributed by atoms with Crippen molar-refractivity contribution in [2.75, 3.05) is 13.2 Å². The molecule has 0 bridgehead atoms. The molecule has 0 N–H and O–H groups in total. The second kappa shape index (κ2) is 13.0. The van der Waals surface area contributed by atoms with Crippen molar-refractivity contribution in [3.05, 3.63) is 72.3 Å². The van der Waals surface area contributed by atoms with Crippen LogP contribution >= 0.6 is 0 Å². The maximum Gasteiger partial charge on any atom is 0.333 e. The van der Waals surface area contributed by atoms with Crippen LogP contribution in [0, 0.1) is 0 Å². The number of carbonyl (C=O) groups excluding carboxylic acids is 2. The van der Waals surface area contributed by atoms with E-state index in [2.05, 4.69) is 52.1 Å². The lowest BCUT2D eigenvalue weighted by Gasteiger charge is -2.24. The summed E-state index contributed by atoms with van der Waals surface area (Å²) in [5.41, 5.74) is 1.76. The topological polar surface area (TPSA) is 71.1 Å². The highest BCUT2D eigenvalue weighted by Crippen LogP contribution is 2.44. The number of rotatable bonds is 12. The van der Waals surface area contributed by atoms with E-state index in [9.17, 15) is 9.59 Å². The van der Waals surface area contributed by atoms with Crippen LogP contribution < -0.4 is 9.47 Å². The van der Waals surface area contributed by atoms with Crippen LogP contribution in [0.3, 0.4) is 0 Å². The Bertz CT molecular complexity index is 1410. The zero-order valence-corrected chi connectivity index (χ0v) is 24.9. The fourth-order valence-electron chi connectivity index (χ4n) is 4.20. The summed E-state index contributed by atoms with van der Waals surface area (Å²) in [6.45, 7) is 21.4. The Labute approximate surface area is 237 Å². The monoisotopic (exact) mass is 546 g/mol. The van der Waals surface area contributed by atoms with Gasteiger partial charge in [0.2, 0.25) is 0 Å². The minimum atomic E-state index is -0.429. The van der Waals surface area contributed by atoms with Gasteiger partial charge in [-0.3, -0.25) is 0 Å². The van der Waals surface area contributed by atoms with E-state index in [1.165, 1.54) is 0 Å². The first-order chi connectivity index (χ1) is 18.9. The van der Waals surface area contributed by atoms with Crippen LogP contribution in [0.2, 0.25) is 0 Å². The normalized spacial score (nSPS) is 13.0. The van der Waals surface area contributed by atoms with E-state index in [1.54, 1.807) is 13.8 Å². The van der Waals surface area contributed by atoms with Gasteiger partial charge >= 0.3 is 11.9 Å². The minimum absolute atomic E-state index is 0.0921. The van der Waals surface area contributed by atoms with E-state index in [0.29, 0.717) is 35.5 Å². The maximum atomic E-state index is 12.2. The van der Waals surface area contributed by atoms with Crippen molar-refractivity contribution in [2.24, 2.45) is 0 Å². The van der Waals surface area contributed by atoms with Crippen LogP contribution in [0.4, 0.5) is 0 Å². The van der Waals surface area contributed by atoms with Crippen molar-refractivity contribution >= 4 is 33.5 Å². The molecular formula is C34H42O6. The minimum Gasteiger partial charge on any atom is -0.488 e. The summed E-state index contributed by atoms with van der Waals surface area (Å²) in [4.78, 5) is 24.3. The molecule has 0 radical (unpaired) electrons. The van der Waals surface area contributed by atoms with Crippen molar-refractivity contribution < 1.29 is 28.5 Å². The summed E-state index contributed by atoms with van der Waals surface area (Å²) in [7, 11) is 0. The average molecular weight is 547 g/mol. The molecule has 6 nitrogen and oxygen atoms in total. The van der Waals surface area contributed by atoms with E-state index in [0.717, 1.165) is 27.1 Å². The zero-order valence-electron chi connectivity index (χ0n) is 24.9. The predicted octanol–water partition coefficient (Wildman–Crippen LogP) is 7.84. The van der Waals surface area contributed by atoms with Gasteiger partial charge in [0, 0.05) is 32.7 Å². The van der Waals surface area contributed by atoms with Gasteiger partial charge in [0.25, 0.3) is 0 Å². The van der Waals surface area contributed by atoms with E-state index < -0.39 is 24.1 Å². The average Bonchev–Trinajstić information content (AvgIpc) is 2.91. The summed E-state index contributed by atoms with van der Waals surface area (Å²) < 4.78 is 24.1. The molecule has 0 spiro atoms. The largest absolute Gasteiger partial charge is 0.488 e. The Hall–Kier alpha value is -3.80. The number of ether oxygens (including phenoxy) is 4. The number of carbonyl (C=O) groups is 2. The zero-order chi connectivity index (χ0) is 29.6. The third kappa shape index (κ3) is 7.23. The summed E-state index contributed by atoms with van der Waals surface area (Å²) in [6.07, 6.45) is 0.361. The molecule has 3 rings (SSSR count). The molecule has 40 heavy (non-hydrogen) atoms. The quantitative estimate of drug-likeness (QED) is 0.131. The van der Waals surface area contributed by atoms with Gasteiger partial charge in [-0.1, -0.05) is 84.2 Å². The Morgan fingerprint density at radius 1 is 0.725 bits per heavy atom. The molecule has 214 valence electrons. The van der Waals surface area contributed by atoms with Crippen molar-refractivity contribution in [3.63, 3.8) is 0 Å². The molecule has 0 saturated carbocycles. The van der Waals surface area contributed by atoms with Gasteiger partial charge in [-0.2, -0.15) is 0 Å². The second-order valence-corrected chi connectivity index (χ2v) is 11.3. The Morgan fingerprint density at radius 3 is 1.55 bits per heavy atom. The molecule has 3 aromatic rings. The van der Waals surface area contributed by atoms with Crippen LogP contribution in [0.15, 0.2) is 66.8 Å². The van der Waals surface area contributed by atoms with Crippen molar-refractivity contribution in [1.82, 2.24) is 0 Å². The SMILES string of the molecule is C=C(C)C(=O)OC(CC)COc1c2ccccc2c(OCC(CC)OC(=O)C(=C)C)c2cc(C(C)(C)C)ccc12. The fraction of sp³-hybridized carbons (Fsp3) is 0.412. The Kier molecular flexibility index (Phi) is 10.0. The van der Waals surface area contributed by atoms with Gasteiger partial charge in [-0.05, 0) is 43.7 Å². The standard InChI is InChI=1S/C34H42O6/c1-10-24(39-32(35)21(3)4)19-37-30-26-14-12-13-15-27(26)31(38-20-25(11-2)40-33(36)22(5)6)29-18-23(34(7,8)9)16-17-28(29)30/h12-18,24-25H,3,5,10-11,19-20H2,1-2,4,6-9H3. The number of benzene rings is 3. The highest BCUT2D eigenvalue weighted by molar-refractivity contribution is 6.11. The molecule has 0 saturated heterocycles. The van der Waals surface area contributed by atoms with Crippen LogP contribution in [-0.2, 0) is 24.5 Å². The van der Waals surface area contributed by atoms with Crippen LogP contribution in [0.1, 0.15) is 66.9 Å². The summed E-state index contributed by atoms with van der Waals surface area (Å²) in [6, 6.07) is 14.2. The molecule has 3 aromatic carbocycles. The van der Waals surface area contributed by atoms with Crippen LogP contribution in [-0.4, -0.2) is 37.4 Å². The fourth-order valence-corrected chi connectivity index (χ4v) is 4.20. The molecule has 0 fully saturated rings. The number of hydrogen-bond acceptors (Lipinski definition) is 6. The first-order valence-electron chi connectivity index (χ1n) is 13.8.